The first-order valence-corrected chi connectivity index (χ1v) is 10.7. The molecule has 1 aliphatic heterocycles. The molecule has 1 amide bonds. The van der Waals surface area contributed by atoms with E-state index in [9.17, 15) is 9.18 Å². The molecule has 0 spiro atoms. The zero-order valence-corrected chi connectivity index (χ0v) is 17.3. The molecule has 3 aromatic carbocycles. The highest BCUT2D eigenvalue weighted by atomic mass is 19.1. The maximum absolute atomic E-state index is 13.5. The van der Waals surface area contributed by atoms with E-state index < -0.39 is 0 Å². The molecule has 6 rings (SSSR count). The van der Waals surface area contributed by atoms with Crippen molar-refractivity contribution >= 4 is 44.1 Å². The Balaban J connectivity index is 1.35. The summed E-state index contributed by atoms with van der Waals surface area (Å²) >= 11 is 0. The molecule has 5 aromatic rings. The van der Waals surface area contributed by atoms with Gasteiger partial charge in [0.2, 0.25) is 0 Å². The van der Waals surface area contributed by atoms with Crippen LogP contribution in [0.15, 0.2) is 79.1 Å². The lowest BCUT2D eigenvalue weighted by molar-refractivity contribution is 0.0775. The molecule has 0 aliphatic carbocycles. The molecule has 1 N–H and O–H groups in total. The van der Waals surface area contributed by atoms with Crippen molar-refractivity contribution in [2.45, 2.75) is 6.42 Å². The number of nitrogens with zero attached hydrogens (tertiary/aromatic N) is 2. The Morgan fingerprint density at radius 3 is 2.75 bits per heavy atom. The highest BCUT2D eigenvalue weighted by Crippen LogP contribution is 2.32. The van der Waals surface area contributed by atoms with Gasteiger partial charge in [-0.15, -0.1) is 0 Å². The van der Waals surface area contributed by atoms with Crippen LogP contribution in [0.25, 0.3) is 38.2 Å². The summed E-state index contributed by atoms with van der Waals surface area (Å²) < 4.78 is 13.5. The number of aromatic nitrogens is 2. The summed E-state index contributed by atoms with van der Waals surface area (Å²) in [6.45, 7) is 1.16. The van der Waals surface area contributed by atoms with E-state index in [1.807, 2.05) is 53.6 Å². The van der Waals surface area contributed by atoms with E-state index in [1.165, 1.54) is 17.7 Å². The van der Waals surface area contributed by atoms with Crippen molar-refractivity contribution in [3.05, 3.63) is 96.1 Å². The van der Waals surface area contributed by atoms with Gasteiger partial charge in [-0.05, 0) is 53.1 Å². The maximum atomic E-state index is 13.5. The monoisotopic (exact) mass is 421 g/mol. The number of pyridine rings is 1. The second-order valence-corrected chi connectivity index (χ2v) is 8.17. The second kappa shape index (κ2) is 7.31. The number of amides is 1. The van der Waals surface area contributed by atoms with Crippen LogP contribution in [-0.2, 0) is 0 Å². The molecule has 0 atom stereocenters. The van der Waals surface area contributed by atoms with Crippen LogP contribution in [0.5, 0.6) is 0 Å². The highest BCUT2D eigenvalue weighted by molar-refractivity contribution is 6.15. The van der Waals surface area contributed by atoms with Gasteiger partial charge in [0.05, 0.1) is 11.1 Å². The molecule has 32 heavy (non-hydrogen) atoms. The van der Waals surface area contributed by atoms with E-state index in [-0.39, 0.29) is 11.7 Å². The van der Waals surface area contributed by atoms with Gasteiger partial charge in [-0.1, -0.05) is 36.4 Å². The summed E-state index contributed by atoms with van der Waals surface area (Å²) in [5.41, 5.74) is 4.41. The largest absolute Gasteiger partial charge is 0.360 e. The third-order valence-electron chi connectivity index (χ3n) is 6.33. The Labute approximate surface area is 184 Å². The van der Waals surface area contributed by atoms with Crippen molar-refractivity contribution in [2.75, 3.05) is 13.1 Å². The minimum absolute atomic E-state index is 0.00393. The lowest BCUT2D eigenvalue weighted by atomic mass is 9.97. The van der Waals surface area contributed by atoms with Gasteiger partial charge in [0, 0.05) is 47.3 Å². The standard InChI is InChI=1S/C27H20FN3O/c28-19-7-8-21-24(16-30-25(21)15-19)17-9-12-31(13-10-17)27(32)23-14-18-4-1-2-5-20(18)22-6-3-11-29-26(22)23/h1-9,11,14-16,30H,10,12-13H2. The normalized spacial score (nSPS) is 14.3. The number of nitrogens with one attached hydrogen (secondary N) is 1. The number of aromatic amines is 1. The zero-order chi connectivity index (χ0) is 21.7. The van der Waals surface area contributed by atoms with Gasteiger partial charge in [0.1, 0.15) is 5.82 Å². The van der Waals surface area contributed by atoms with Crippen molar-refractivity contribution in [3.8, 4) is 0 Å². The smallest absolute Gasteiger partial charge is 0.256 e. The van der Waals surface area contributed by atoms with Gasteiger partial charge < -0.3 is 9.88 Å². The molecule has 0 fully saturated rings. The average Bonchev–Trinajstić information content (AvgIpc) is 3.26. The maximum Gasteiger partial charge on any atom is 0.256 e. The van der Waals surface area contributed by atoms with Crippen molar-refractivity contribution < 1.29 is 9.18 Å². The Kier molecular flexibility index (Phi) is 4.28. The van der Waals surface area contributed by atoms with E-state index in [0.717, 1.165) is 44.6 Å². The van der Waals surface area contributed by atoms with E-state index in [4.69, 9.17) is 0 Å². The summed E-state index contributed by atoms with van der Waals surface area (Å²) in [5.74, 6) is -0.257. The average molecular weight is 421 g/mol. The Hall–Kier alpha value is -3.99. The Morgan fingerprint density at radius 1 is 1.00 bits per heavy atom. The summed E-state index contributed by atoms with van der Waals surface area (Å²) in [5, 5.41) is 4.13. The predicted octanol–water partition coefficient (Wildman–Crippen LogP) is 5.94. The third kappa shape index (κ3) is 2.97. The van der Waals surface area contributed by atoms with Crippen LogP contribution in [0, 0.1) is 5.82 Å². The summed E-state index contributed by atoms with van der Waals surface area (Å²) in [6, 6.07) is 18.8. The number of halogens is 1. The van der Waals surface area contributed by atoms with Crippen LogP contribution < -0.4 is 0 Å². The lowest BCUT2D eigenvalue weighted by Gasteiger charge is -2.27. The summed E-state index contributed by atoms with van der Waals surface area (Å²) in [6.07, 6.45) is 6.51. The molecule has 4 nitrogen and oxygen atoms in total. The van der Waals surface area contributed by atoms with Gasteiger partial charge in [-0.2, -0.15) is 0 Å². The molecule has 0 bridgehead atoms. The van der Waals surface area contributed by atoms with Crippen LogP contribution in [0.3, 0.4) is 0 Å². The summed E-state index contributed by atoms with van der Waals surface area (Å²) in [4.78, 5) is 23.1. The molecule has 0 saturated heterocycles. The molecule has 0 radical (unpaired) electrons. The number of fused-ring (bicyclic) bond motifs is 4. The number of H-pyrrole nitrogens is 1. The fourth-order valence-electron chi connectivity index (χ4n) is 4.72. The molecule has 0 unspecified atom stereocenters. The zero-order valence-electron chi connectivity index (χ0n) is 17.3. The minimum atomic E-state index is -0.253. The molecule has 0 saturated carbocycles. The van der Waals surface area contributed by atoms with Gasteiger partial charge in [0.25, 0.3) is 5.91 Å². The fraction of sp³-hybridized carbons (Fsp3) is 0.111. The molecule has 5 heteroatoms. The number of rotatable bonds is 2. The fourth-order valence-corrected chi connectivity index (χ4v) is 4.72. The molecule has 2 aromatic heterocycles. The van der Waals surface area contributed by atoms with E-state index in [2.05, 4.69) is 22.1 Å². The first kappa shape index (κ1) is 18.8. The van der Waals surface area contributed by atoms with Crippen LogP contribution in [0.2, 0.25) is 0 Å². The minimum Gasteiger partial charge on any atom is -0.360 e. The number of benzene rings is 3. The first-order valence-electron chi connectivity index (χ1n) is 10.7. The van der Waals surface area contributed by atoms with E-state index in [0.29, 0.717) is 18.7 Å². The number of carbonyl (C=O) groups excluding carboxylic acids is 1. The Bertz CT molecular complexity index is 1550. The lowest BCUT2D eigenvalue weighted by Crippen LogP contribution is -2.34. The van der Waals surface area contributed by atoms with Gasteiger partial charge in [-0.3, -0.25) is 9.78 Å². The topological polar surface area (TPSA) is 49.0 Å². The van der Waals surface area contributed by atoms with E-state index >= 15 is 0 Å². The van der Waals surface area contributed by atoms with Gasteiger partial charge in [-0.25, -0.2) is 4.39 Å². The van der Waals surface area contributed by atoms with Gasteiger partial charge >= 0.3 is 0 Å². The quantitative estimate of drug-likeness (QED) is 0.359. The second-order valence-electron chi connectivity index (χ2n) is 8.17. The molecule has 3 heterocycles. The van der Waals surface area contributed by atoms with Gasteiger partial charge in [0.15, 0.2) is 0 Å². The van der Waals surface area contributed by atoms with Crippen molar-refractivity contribution in [2.24, 2.45) is 0 Å². The number of hydrogen-bond acceptors (Lipinski definition) is 2. The molecule has 156 valence electrons. The van der Waals surface area contributed by atoms with E-state index in [1.54, 1.807) is 6.20 Å². The molecule has 1 aliphatic rings. The number of carbonyl (C=O) groups is 1. The number of hydrogen-bond donors (Lipinski definition) is 1. The predicted molar refractivity (Wildman–Crippen MR) is 126 cm³/mol. The van der Waals surface area contributed by atoms with Crippen molar-refractivity contribution in [1.29, 1.82) is 0 Å². The highest BCUT2D eigenvalue weighted by Gasteiger charge is 2.23. The van der Waals surface area contributed by atoms with Crippen LogP contribution in [0.4, 0.5) is 4.39 Å². The van der Waals surface area contributed by atoms with Crippen LogP contribution >= 0.6 is 0 Å². The summed E-state index contributed by atoms with van der Waals surface area (Å²) in [7, 11) is 0. The Morgan fingerprint density at radius 2 is 1.88 bits per heavy atom. The van der Waals surface area contributed by atoms with Crippen molar-refractivity contribution in [1.82, 2.24) is 14.9 Å². The van der Waals surface area contributed by atoms with Crippen LogP contribution in [-0.4, -0.2) is 33.9 Å². The molecular formula is C27H20FN3O. The third-order valence-corrected chi connectivity index (χ3v) is 6.33. The first-order chi connectivity index (χ1) is 15.7. The molecular weight excluding hydrogens is 401 g/mol. The van der Waals surface area contributed by atoms with Crippen molar-refractivity contribution in [3.63, 3.8) is 0 Å². The SMILES string of the molecule is O=C(c1cc2ccccc2c2cccnc12)N1CC=C(c2c[nH]c3cc(F)ccc23)CC1. The van der Waals surface area contributed by atoms with Crippen LogP contribution in [0.1, 0.15) is 22.3 Å².